The van der Waals surface area contributed by atoms with Crippen molar-refractivity contribution < 1.29 is 14.3 Å². The lowest BCUT2D eigenvalue weighted by atomic mass is 10.2. The number of ether oxygens (including phenoxy) is 1. The Kier molecular flexibility index (Phi) is 6.66. The number of aromatic nitrogens is 4. The summed E-state index contributed by atoms with van der Waals surface area (Å²) in [5.74, 6) is -0.520. The molecular weight excluding hydrogens is 482 g/mol. The van der Waals surface area contributed by atoms with Crippen molar-refractivity contribution in [2.75, 3.05) is 5.32 Å². The van der Waals surface area contributed by atoms with Gasteiger partial charge in [0.15, 0.2) is 6.10 Å². The molecule has 0 saturated heterocycles. The molecule has 1 unspecified atom stereocenters. The molecule has 1 amide bonds. The average Bonchev–Trinajstić information content (AvgIpc) is 3.46. The van der Waals surface area contributed by atoms with Gasteiger partial charge in [0.2, 0.25) is 0 Å². The molecule has 5 aromatic rings. The molecule has 38 heavy (non-hydrogen) atoms. The Hall–Kier alpha value is -4.92. The van der Waals surface area contributed by atoms with Crippen molar-refractivity contribution in [2.24, 2.45) is 7.05 Å². The number of esters is 1. The van der Waals surface area contributed by atoms with E-state index >= 15 is 0 Å². The monoisotopic (exact) mass is 509 g/mol. The molecule has 0 aliphatic heterocycles. The number of anilines is 1. The summed E-state index contributed by atoms with van der Waals surface area (Å²) >= 11 is 0. The predicted octanol–water partition coefficient (Wildman–Crippen LogP) is 4.60. The van der Waals surface area contributed by atoms with Gasteiger partial charge < -0.3 is 15.0 Å². The van der Waals surface area contributed by atoms with Crippen LogP contribution in [0.2, 0.25) is 0 Å². The molecule has 1 atom stereocenters. The summed E-state index contributed by atoms with van der Waals surface area (Å²) in [5, 5.41) is 2.68. The molecule has 2 N–H and O–H groups in total. The van der Waals surface area contributed by atoms with E-state index in [1.807, 2.05) is 60.7 Å². The molecule has 9 nitrogen and oxygen atoms in total. The minimum Gasteiger partial charge on any atom is -0.449 e. The van der Waals surface area contributed by atoms with Gasteiger partial charge in [0.25, 0.3) is 11.5 Å². The topological polar surface area (TPSA) is 111 Å². The van der Waals surface area contributed by atoms with E-state index in [0.29, 0.717) is 28.2 Å². The molecule has 2 aromatic heterocycles. The molecule has 0 aliphatic rings. The predicted molar refractivity (Wildman–Crippen MR) is 145 cm³/mol. The van der Waals surface area contributed by atoms with Crippen LogP contribution in [0.15, 0.2) is 83.7 Å². The Labute approximate surface area is 218 Å². The fraction of sp³-hybridized carbons (Fsp3) is 0.172. The normalized spacial score (nSPS) is 11.9. The summed E-state index contributed by atoms with van der Waals surface area (Å²) in [6, 6.07) is 23.8. The number of para-hydroxylation sites is 1. The van der Waals surface area contributed by atoms with Crippen LogP contribution in [0.3, 0.4) is 0 Å². The molecule has 5 rings (SSSR count). The van der Waals surface area contributed by atoms with Crippen molar-refractivity contribution in [2.45, 2.75) is 26.4 Å². The molecule has 0 fully saturated rings. The zero-order valence-electron chi connectivity index (χ0n) is 21.3. The first-order valence-electron chi connectivity index (χ1n) is 12.3. The summed E-state index contributed by atoms with van der Waals surface area (Å²) in [5.41, 5.74) is 3.62. The number of H-pyrrole nitrogens is 1. The van der Waals surface area contributed by atoms with Crippen LogP contribution in [0.4, 0.5) is 5.69 Å². The molecule has 0 saturated carbocycles. The summed E-state index contributed by atoms with van der Waals surface area (Å²) in [6.45, 7) is 3.48. The van der Waals surface area contributed by atoms with Crippen molar-refractivity contribution in [3.63, 3.8) is 0 Å². The highest BCUT2D eigenvalue weighted by Crippen LogP contribution is 2.22. The van der Waals surface area contributed by atoms with Gasteiger partial charge in [0.1, 0.15) is 11.5 Å². The Bertz CT molecular complexity index is 1680. The summed E-state index contributed by atoms with van der Waals surface area (Å²) < 4.78 is 8.70. The number of carbonyl (C=O) groups is 2. The molecule has 3 aromatic carbocycles. The van der Waals surface area contributed by atoms with E-state index in [1.54, 1.807) is 43.8 Å². The van der Waals surface area contributed by atoms with Crippen molar-refractivity contribution >= 4 is 28.6 Å². The number of nitrogens with one attached hydrogen (secondary N) is 2. The van der Waals surface area contributed by atoms with Gasteiger partial charge in [-0.2, -0.15) is 0 Å². The summed E-state index contributed by atoms with van der Waals surface area (Å²) in [7, 11) is 1.74. The van der Waals surface area contributed by atoms with Gasteiger partial charge >= 0.3 is 5.97 Å². The second-order valence-electron chi connectivity index (χ2n) is 8.91. The SMILES string of the molecule is CCC(OC(=O)c1ccc2nc(-c3ccccc3)[nH]c2c1)C(=O)Nc1c(C)n(C)n(-c2ccccc2)c1=O. The van der Waals surface area contributed by atoms with Gasteiger partial charge in [0, 0.05) is 12.6 Å². The first-order valence-corrected chi connectivity index (χ1v) is 12.3. The van der Waals surface area contributed by atoms with Gasteiger partial charge in [-0.3, -0.25) is 14.3 Å². The van der Waals surface area contributed by atoms with Crippen LogP contribution in [-0.4, -0.2) is 37.3 Å². The number of aromatic amines is 1. The second kappa shape index (κ2) is 10.2. The van der Waals surface area contributed by atoms with Crippen molar-refractivity contribution in [1.29, 1.82) is 0 Å². The average molecular weight is 510 g/mol. The Morgan fingerprint density at radius 2 is 1.71 bits per heavy atom. The Morgan fingerprint density at radius 3 is 2.39 bits per heavy atom. The van der Waals surface area contributed by atoms with Crippen molar-refractivity contribution in [3.05, 3.63) is 100 Å². The highest BCUT2D eigenvalue weighted by atomic mass is 16.5. The van der Waals surface area contributed by atoms with Crippen molar-refractivity contribution in [3.8, 4) is 17.1 Å². The maximum absolute atomic E-state index is 13.1. The van der Waals surface area contributed by atoms with Crippen molar-refractivity contribution in [1.82, 2.24) is 19.3 Å². The third kappa shape index (κ3) is 4.61. The molecule has 2 heterocycles. The van der Waals surface area contributed by atoms with Gasteiger partial charge in [-0.25, -0.2) is 14.5 Å². The number of rotatable bonds is 7. The zero-order valence-corrected chi connectivity index (χ0v) is 21.3. The number of nitrogens with zero attached hydrogens (tertiary/aromatic N) is 3. The summed E-state index contributed by atoms with van der Waals surface area (Å²) in [4.78, 5) is 47.0. The third-order valence-corrected chi connectivity index (χ3v) is 6.48. The van der Waals surface area contributed by atoms with Crippen LogP contribution in [-0.2, 0) is 16.6 Å². The molecule has 0 radical (unpaired) electrons. The first kappa shape index (κ1) is 24.8. The highest BCUT2D eigenvalue weighted by molar-refractivity contribution is 5.99. The van der Waals surface area contributed by atoms with E-state index < -0.39 is 18.0 Å². The number of benzene rings is 3. The van der Waals surface area contributed by atoms with Gasteiger partial charge in [0.05, 0.1) is 28.0 Å². The Balaban J connectivity index is 1.34. The summed E-state index contributed by atoms with van der Waals surface area (Å²) in [6.07, 6.45) is -0.843. The van der Waals surface area contributed by atoms with Crippen LogP contribution in [0.1, 0.15) is 29.4 Å². The molecule has 192 valence electrons. The number of amides is 1. The molecule has 0 aliphatic carbocycles. The molecule has 0 bridgehead atoms. The van der Waals surface area contributed by atoms with Crippen LogP contribution in [0.25, 0.3) is 28.1 Å². The van der Waals surface area contributed by atoms with Crippen LogP contribution in [0, 0.1) is 6.92 Å². The first-order chi connectivity index (χ1) is 18.4. The largest absolute Gasteiger partial charge is 0.449 e. The lowest BCUT2D eigenvalue weighted by Gasteiger charge is -2.15. The third-order valence-electron chi connectivity index (χ3n) is 6.48. The fourth-order valence-corrected chi connectivity index (χ4v) is 4.30. The fourth-order valence-electron chi connectivity index (χ4n) is 4.30. The number of fused-ring (bicyclic) bond motifs is 1. The number of carbonyl (C=O) groups excluding carboxylic acids is 2. The standard InChI is InChI=1S/C29H27N5O4/c1-4-24(27(35)32-25-18(2)33(3)34(28(25)36)21-13-9-6-10-14-21)38-29(37)20-15-16-22-23(17-20)31-26(30-22)19-11-7-5-8-12-19/h5-17,24H,4H2,1-3H3,(H,30,31)(H,32,35). The van der Waals surface area contributed by atoms with E-state index in [-0.39, 0.29) is 23.2 Å². The molecule has 0 spiro atoms. The maximum Gasteiger partial charge on any atom is 0.338 e. The number of imidazole rings is 1. The van der Waals surface area contributed by atoms with E-state index in [0.717, 1.165) is 5.56 Å². The maximum atomic E-state index is 13.1. The molecule has 9 heteroatoms. The number of hydrogen-bond acceptors (Lipinski definition) is 5. The van der Waals surface area contributed by atoms with Crippen LogP contribution in [0.5, 0.6) is 0 Å². The highest BCUT2D eigenvalue weighted by Gasteiger charge is 2.26. The van der Waals surface area contributed by atoms with Crippen LogP contribution < -0.4 is 10.9 Å². The van der Waals surface area contributed by atoms with E-state index in [1.165, 1.54) is 4.68 Å². The minimum absolute atomic E-state index is 0.142. The number of hydrogen-bond donors (Lipinski definition) is 2. The zero-order chi connectivity index (χ0) is 26.8. The van der Waals surface area contributed by atoms with Gasteiger partial charge in [-0.15, -0.1) is 0 Å². The smallest absolute Gasteiger partial charge is 0.338 e. The lowest BCUT2D eigenvalue weighted by Crippen LogP contribution is -2.33. The lowest BCUT2D eigenvalue weighted by molar-refractivity contribution is -0.124. The van der Waals surface area contributed by atoms with Gasteiger partial charge in [-0.05, 0) is 43.7 Å². The second-order valence-corrected chi connectivity index (χ2v) is 8.91. The van der Waals surface area contributed by atoms with Gasteiger partial charge in [-0.1, -0.05) is 55.5 Å². The van der Waals surface area contributed by atoms with E-state index in [4.69, 9.17) is 4.74 Å². The van der Waals surface area contributed by atoms with Crippen LogP contribution >= 0.6 is 0 Å². The quantitative estimate of drug-likeness (QED) is 0.312. The van der Waals surface area contributed by atoms with E-state index in [2.05, 4.69) is 15.3 Å². The van der Waals surface area contributed by atoms with E-state index in [9.17, 15) is 14.4 Å². The molecular formula is C29H27N5O4. The minimum atomic E-state index is -1.08. The Morgan fingerprint density at radius 1 is 1.03 bits per heavy atom.